The Bertz CT molecular complexity index is 1040. The molecule has 7 heteroatoms. The maximum atomic E-state index is 12.7. The molecule has 0 radical (unpaired) electrons. The zero-order valence-corrected chi connectivity index (χ0v) is 20.6. The van der Waals surface area contributed by atoms with Crippen molar-refractivity contribution in [1.29, 1.82) is 5.26 Å². The molecule has 4 fully saturated rings. The molecule has 4 aliphatic rings. The molecule has 1 N–H and O–H groups in total. The molecule has 0 amide bonds. The van der Waals surface area contributed by atoms with Gasteiger partial charge in [0, 0.05) is 12.3 Å². The van der Waals surface area contributed by atoms with Gasteiger partial charge in [-0.15, -0.1) is 0 Å². The van der Waals surface area contributed by atoms with Crippen LogP contribution in [0.25, 0.3) is 0 Å². The van der Waals surface area contributed by atoms with Crippen molar-refractivity contribution in [2.45, 2.75) is 82.1 Å². The van der Waals surface area contributed by atoms with E-state index in [-0.39, 0.29) is 17.9 Å². The number of amidine groups is 1. The second-order valence-electron chi connectivity index (χ2n) is 11.0. The van der Waals surface area contributed by atoms with Crippen LogP contribution in [-0.2, 0) is 9.84 Å². The number of hydrogen-bond acceptors (Lipinski definition) is 5. The molecule has 2 unspecified atom stereocenters. The van der Waals surface area contributed by atoms with Crippen LogP contribution in [-0.4, -0.2) is 36.9 Å². The first-order valence-electron chi connectivity index (χ1n) is 11.7. The molecule has 0 aliphatic heterocycles. The van der Waals surface area contributed by atoms with Gasteiger partial charge in [0.2, 0.25) is 6.19 Å². The average molecular weight is 458 g/mol. The first-order chi connectivity index (χ1) is 15.0. The van der Waals surface area contributed by atoms with Crippen LogP contribution in [0.3, 0.4) is 0 Å². The standard InChI is InChI=1S/C25H35N3O3S/c1-16(2)20-8-6-7-9-21(20)31-24(3,4)23(27-15-26)28-22-18-10-17-11-19(22)14-25(12-17,13-18)32(5,29)30/h6-9,16-19,22H,10-14H2,1-5H3,(H,27,28). The molecule has 1 aromatic carbocycles. The minimum absolute atomic E-state index is 0.122. The molecule has 0 saturated heterocycles. The van der Waals surface area contributed by atoms with Crippen LogP contribution in [0, 0.1) is 29.2 Å². The largest absolute Gasteiger partial charge is 0.480 e. The van der Waals surface area contributed by atoms with Gasteiger partial charge in [-0.05, 0) is 81.3 Å². The third-order valence-electron chi connectivity index (χ3n) is 7.95. The molecule has 1 aromatic rings. The number of nitrogens with one attached hydrogen (secondary N) is 1. The van der Waals surface area contributed by atoms with E-state index in [1.165, 1.54) is 6.26 Å². The molecule has 2 atom stereocenters. The van der Waals surface area contributed by atoms with Gasteiger partial charge < -0.3 is 10.1 Å². The van der Waals surface area contributed by atoms with E-state index in [1.807, 2.05) is 38.2 Å². The minimum Gasteiger partial charge on any atom is -0.480 e. The Kier molecular flexibility index (Phi) is 5.82. The number of para-hydroxylation sites is 1. The van der Waals surface area contributed by atoms with Crippen molar-refractivity contribution in [3.8, 4) is 11.9 Å². The molecule has 174 valence electrons. The molecular formula is C25H35N3O3S. The van der Waals surface area contributed by atoms with Crippen LogP contribution in [0.4, 0.5) is 0 Å². The van der Waals surface area contributed by atoms with E-state index < -0.39 is 20.2 Å². The first-order valence-corrected chi connectivity index (χ1v) is 13.6. The molecule has 4 aliphatic carbocycles. The number of hydrogen-bond donors (Lipinski definition) is 1. The number of rotatable bonds is 6. The van der Waals surface area contributed by atoms with Crippen molar-refractivity contribution < 1.29 is 13.2 Å². The van der Waals surface area contributed by atoms with E-state index in [0.29, 0.717) is 30.5 Å². The number of benzene rings is 1. The predicted octanol–water partition coefficient (Wildman–Crippen LogP) is 4.43. The molecule has 0 spiro atoms. The van der Waals surface area contributed by atoms with E-state index in [2.05, 4.69) is 30.2 Å². The topological polar surface area (TPSA) is 91.5 Å². The van der Waals surface area contributed by atoms with Crippen molar-refractivity contribution in [3.63, 3.8) is 0 Å². The molecular weight excluding hydrogens is 422 g/mol. The number of nitriles is 1. The van der Waals surface area contributed by atoms with Gasteiger partial charge in [0.1, 0.15) is 5.75 Å². The summed E-state index contributed by atoms with van der Waals surface area (Å²) in [6, 6.07) is 8.10. The van der Waals surface area contributed by atoms with E-state index in [1.54, 1.807) is 0 Å². The van der Waals surface area contributed by atoms with Crippen molar-refractivity contribution in [2.75, 3.05) is 6.26 Å². The van der Waals surface area contributed by atoms with Gasteiger partial charge in [0.05, 0.1) is 4.75 Å². The third-order valence-corrected chi connectivity index (χ3v) is 10.0. The van der Waals surface area contributed by atoms with Gasteiger partial charge in [0.25, 0.3) is 0 Å². The first kappa shape index (κ1) is 23.1. The molecule has 0 heterocycles. The number of ether oxygens (including phenoxy) is 1. The zero-order chi connectivity index (χ0) is 23.3. The second-order valence-corrected chi connectivity index (χ2v) is 13.4. The molecule has 6 nitrogen and oxygen atoms in total. The Morgan fingerprint density at radius 1 is 1.22 bits per heavy atom. The van der Waals surface area contributed by atoms with Crippen LogP contribution in [0.5, 0.6) is 5.75 Å². The lowest BCUT2D eigenvalue weighted by Gasteiger charge is -2.59. The minimum atomic E-state index is -3.10. The Balaban J connectivity index is 1.58. The molecule has 0 aromatic heterocycles. The summed E-state index contributed by atoms with van der Waals surface area (Å²) in [5.41, 5.74) is 0.283. The van der Waals surface area contributed by atoms with Crippen molar-refractivity contribution in [2.24, 2.45) is 22.7 Å². The lowest BCUT2D eigenvalue weighted by atomic mass is 9.53. The fourth-order valence-electron chi connectivity index (χ4n) is 6.56. The van der Waals surface area contributed by atoms with Crippen LogP contribution < -0.4 is 10.1 Å². The van der Waals surface area contributed by atoms with Gasteiger partial charge in [0.15, 0.2) is 21.3 Å². The average Bonchev–Trinajstić information content (AvgIpc) is 2.68. The van der Waals surface area contributed by atoms with Gasteiger partial charge in [-0.25, -0.2) is 8.42 Å². The highest BCUT2D eigenvalue weighted by Gasteiger charge is 2.60. The molecule has 32 heavy (non-hydrogen) atoms. The van der Waals surface area contributed by atoms with Crippen LogP contribution in [0.2, 0.25) is 0 Å². The summed E-state index contributed by atoms with van der Waals surface area (Å²) in [5, 5.41) is 13.0. The second kappa shape index (κ2) is 8.06. The summed E-state index contributed by atoms with van der Waals surface area (Å²) in [5.74, 6) is 2.66. The van der Waals surface area contributed by atoms with Gasteiger partial charge in [-0.3, -0.25) is 0 Å². The fourth-order valence-corrected chi connectivity index (χ4v) is 8.13. The van der Waals surface area contributed by atoms with Crippen molar-refractivity contribution in [3.05, 3.63) is 29.8 Å². The maximum absolute atomic E-state index is 12.7. The Morgan fingerprint density at radius 2 is 1.84 bits per heavy atom. The number of aliphatic imine (C=N–C) groups is 1. The smallest absolute Gasteiger partial charge is 0.207 e. The predicted molar refractivity (Wildman–Crippen MR) is 126 cm³/mol. The summed E-state index contributed by atoms with van der Waals surface area (Å²) in [6.07, 6.45) is 7.67. The van der Waals surface area contributed by atoms with Crippen LogP contribution in [0.15, 0.2) is 29.3 Å². The summed E-state index contributed by atoms with van der Waals surface area (Å²) >= 11 is 0. The normalized spacial score (nSPS) is 32.1. The van der Waals surface area contributed by atoms with Gasteiger partial charge in [-0.1, -0.05) is 32.0 Å². The highest BCUT2D eigenvalue weighted by molar-refractivity contribution is 7.92. The lowest BCUT2D eigenvalue weighted by Crippen LogP contribution is -2.65. The number of sulfone groups is 1. The summed E-state index contributed by atoms with van der Waals surface area (Å²) in [6.45, 7) is 8.12. The number of nitrogens with zero attached hydrogens (tertiary/aromatic N) is 2. The fraction of sp³-hybridized carbons (Fsp3) is 0.680. The monoisotopic (exact) mass is 457 g/mol. The maximum Gasteiger partial charge on any atom is 0.207 e. The SMILES string of the molecule is CC(C)c1ccccc1OC(C)(C)/C(=N\C#N)NC1C2CC3CC1CC(S(C)(=O)=O)(C3)C2. The van der Waals surface area contributed by atoms with Crippen LogP contribution in [0.1, 0.15) is 71.3 Å². The quantitative estimate of drug-likeness (QED) is 0.388. The van der Waals surface area contributed by atoms with E-state index in [9.17, 15) is 13.7 Å². The Hall–Kier alpha value is -2.07. The van der Waals surface area contributed by atoms with Crippen molar-refractivity contribution in [1.82, 2.24) is 5.32 Å². The van der Waals surface area contributed by atoms with E-state index in [4.69, 9.17) is 4.74 Å². The molecule has 5 rings (SSSR count). The van der Waals surface area contributed by atoms with Gasteiger partial charge in [-0.2, -0.15) is 10.3 Å². The highest BCUT2D eigenvalue weighted by Crippen LogP contribution is 2.58. The summed E-state index contributed by atoms with van der Waals surface area (Å²) < 4.78 is 31.2. The molecule has 4 bridgehead atoms. The Labute approximate surface area is 192 Å². The van der Waals surface area contributed by atoms with E-state index >= 15 is 0 Å². The lowest BCUT2D eigenvalue weighted by molar-refractivity contribution is 0.00459. The van der Waals surface area contributed by atoms with E-state index in [0.717, 1.165) is 30.6 Å². The van der Waals surface area contributed by atoms with Crippen molar-refractivity contribution >= 4 is 15.7 Å². The summed E-state index contributed by atoms with van der Waals surface area (Å²) in [4.78, 5) is 4.15. The Morgan fingerprint density at radius 3 is 2.41 bits per heavy atom. The molecule has 4 saturated carbocycles. The summed E-state index contributed by atoms with van der Waals surface area (Å²) in [7, 11) is -3.10. The van der Waals surface area contributed by atoms with Gasteiger partial charge >= 0.3 is 0 Å². The third kappa shape index (κ3) is 4.03. The zero-order valence-electron chi connectivity index (χ0n) is 19.8. The highest BCUT2D eigenvalue weighted by atomic mass is 32.2. The van der Waals surface area contributed by atoms with Crippen LogP contribution >= 0.6 is 0 Å².